The predicted octanol–water partition coefficient (Wildman–Crippen LogP) is 4.48. The minimum atomic E-state index is -0.154. The van der Waals surface area contributed by atoms with E-state index in [-0.39, 0.29) is 23.9 Å². The number of amides is 1. The van der Waals surface area contributed by atoms with Crippen LogP contribution in [0.25, 0.3) is 11.0 Å². The number of hydrogen-bond donors (Lipinski definition) is 1. The third kappa shape index (κ3) is 3.63. The van der Waals surface area contributed by atoms with Crippen molar-refractivity contribution in [2.24, 2.45) is 7.05 Å². The zero-order valence-corrected chi connectivity index (χ0v) is 18.8. The molecule has 3 aromatic rings. The lowest BCUT2D eigenvalue weighted by Gasteiger charge is -2.25. The highest BCUT2D eigenvalue weighted by molar-refractivity contribution is 6.42. The summed E-state index contributed by atoms with van der Waals surface area (Å²) in [6, 6.07) is 5.54. The number of rotatable bonds is 4. The van der Waals surface area contributed by atoms with Gasteiger partial charge >= 0.3 is 0 Å². The summed E-state index contributed by atoms with van der Waals surface area (Å²) in [5.41, 5.74) is 3.97. The molecule has 1 aliphatic heterocycles. The van der Waals surface area contributed by atoms with Gasteiger partial charge in [-0.3, -0.25) is 14.3 Å². The van der Waals surface area contributed by atoms with Gasteiger partial charge in [-0.05, 0) is 56.4 Å². The normalized spacial score (nSPS) is 16.6. The van der Waals surface area contributed by atoms with Gasteiger partial charge in [0.1, 0.15) is 5.65 Å². The fraction of sp³-hybridized carbons (Fsp3) is 0.409. The first-order valence-corrected chi connectivity index (χ1v) is 10.8. The summed E-state index contributed by atoms with van der Waals surface area (Å²) in [4.78, 5) is 30.5. The molecule has 8 heteroatoms. The second-order valence-corrected chi connectivity index (χ2v) is 8.72. The van der Waals surface area contributed by atoms with Crippen molar-refractivity contribution >= 4 is 40.1 Å². The molecule has 6 nitrogen and oxygen atoms in total. The maximum atomic E-state index is 13.0. The molecule has 0 saturated carbocycles. The van der Waals surface area contributed by atoms with E-state index in [1.807, 2.05) is 37.9 Å². The van der Waals surface area contributed by atoms with Gasteiger partial charge in [0.2, 0.25) is 5.91 Å². The van der Waals surface area contributed by atoms with Crippen LogP contribution in [0.4, 0.5) is 0 Å². The van der Waals surface area contributed by atoms with Gasteiger partial charge in [-0.15, -0.1) is 0 Å². The van der Waals surface area contributed by atoms with Gasteiger partial charge in [0, 0.05) is 31.0 Å². The Morgan fingerprint density at radius 3 is 2.77 bits per heavy atom. The number of nitrogens with one attached hydrogen (secondary N) is 1. The number of carbonyl (C=O) groups excluding carboxylic acids is 1. The second-order valence-electron chi connectivity index (χ2n) is 7.91. The number of aryl methyl sites for hydroxylation is 3. The van der Waals surface area contributed by atoms with Crippen molar-refractivity contribution in [3.63, 3.8) is 0 Å². The Kier molecular flexibility index (Phi) is 5.64. The summed E-state index contributed by atoms with van der Waals surface area (Å²) in [6.45, 7) is 4.56. The zero-order chi connectivity index (χ0) is 21.6. The number of pyridine rings is 1. The molecule has 2 aromatic heterocycles. The van der Waals surface area contributed by atoms with E-state index in [0.717, 1.165) is 35.0 Å². The topological polar surface area (TPSA) is 71.0 Å². The van der Waals surface area contributed by atoms with Gasteiger partial charge in [0.25, 0.3) is 5.56 Å². The number of halogens is 2. The summed E-state index contributed by atoms with van der Waals surface area (Å²) in [6.07, 6.45) is 2.52. The molecule has 158 valence electrons. The Hall–Kier alpha value is -2.31. The number of benzene rings is 1. The summed E-state index contributed by atoms with van der Waals surface area (Å²) >= 11 is 12.2. The highest BCUT2D eigenvalue weighted by atomic mass is 35.5. The van der Waals surface area contributed by atoms with Crippen molar-refractivity contribution in [3.05, 3.63) is 61.0 Å². The SMILES string of the molecule is Cc1nn(C)c2[nH]c(=O)c(CCC(=O)N3CCCC3c3ccc(Cl)c(Cl)c3)c(C)c12. The number of carbonyl (C=O) groups is 1. The molecule has 1 aliphatic rings. The molecule has 1 saturated heterocycles. The molecule has 30 heavy (non-hydrogen) atoms. The van der Waals surface area contributed by atoms with Crippen LogP contribution in [0.15, 0.2) is 23.0 Å². The summed E-state index contributed by atoms with van der Waals surface area (Å²) in [5, 5.41) is 6.36. The van der Waals surface area contributed by atoms with Crippen molar-refractivity contribution in [1.29, 1.82) is 0 Å². The van der Waals surface area contributed by atoms with Gasteiger partial charge in [-0.1, -0.05) is 29.3 Å². The molecule has 0 aliphatic carbocycles. The van der Waals surface area contributed by atoms with Crippen LogP contribution in [-0.2, 0) is 18.3 Å². The molecule has 4 rings (SSSR count). The quantitative estimate of drug-likeness (QED) is 0.641. The summed E-state index contributed by atoms with van der Waals surface area (Å²) in [7, 11) is 1.81. The molecule has 1 atom stereocenters. The van der Waals surface area contributed by atoms with E-state index in [2.05, 4.69) is 10.1 Å². The number of fused-ring (bicyclic) bond motifs is 1. The van der Waals surface area contributed by atoms with Gasteiger partial charge < -0.3 is 9.88 Å². The van der Waals surface area contributed by atoms with E-state index in [1.54, 1.807) is 10.7 Å². The number of hydrogen-bond acceptors (Lipinski definition) is 3. The van der Waals surface area contributed by atoms with Gasteiger partial charge in [-0.2, -0.15) is 5.10 Å². The Bertz CT molecular complexity index is 1200. The van der Waals surface area contributed by atoms with Crippen molar-refractivity contribution in [1.82, 2.24) is 19.7 Å². The minimum Gasteiger partial charge on any atom is -0.336 e. The molecule has 1 fully saturated rings. The Labute approximate surface area is 184 Å². The van der Waals surface area contributed by atoms with E-state index in [9.17, 15) is 9.59 Å². The van der Waals surface area contributed by atoms with Crippen molar-refractivity contribution < 1.29 is 4.79 Å². The average molecular weight is 447 g/mol. The lowest BCUT2D eigenvalue weighted by molar-refractivity contribution is -0.132. The van der Waals surface area contributed by atoms with Crippen LogP contribution < -0.4 is 5.56 Å². The first-order valence-electron chi connectivity index (χ1n) is 10.1. The molecule has 1 amide bonds. The number of aromatic amines is 1. The van der Waals surface area contributed by atoms with Crippen molar-refractivity contribution in [3.8, 4) is 0 Å². The smallest absolute Gasteiger partial charge is 0.253 e. The Balaban J connectivity index is 1.55. The van der Waals surface area contributed by atoms with E-state index in [1.165, 1.54) is 0 Å². The van der Waals surface area contributed by atoms with Crippen LogP contribution in [0.5, 0.6) is 0 Å². The van der Waals surface area contributed by atoms with Crippen LogP contribution in [0, 0.1) is 13.8 Å². The number of H-pyrrole nitrogens is 1. The molecule has 0 radical (unpaired) electrons. The Morgan fingerprint density at radius 1 is 1.27 bits per heavy atom. The van der Waals surface area contributed by atoms with Crippen LogP contribution in [0.3, 0.4) is 0 Å². The maximum absolute atomic E-state index is 13.0. The molecule has 1 unspecified atom stereocenters. The maximum Gasteiger partial charge on any atom is 0.253 e. The summed E-state index contributed by atoms with van der Waals surface area (Å²) in [5.74, 6) is 0.0466. The molecule has 3 heterocycles. The third-order valence-corrected chi connectivity index (χ3v) is 6.79. The van der Waals surface area contributed by atoms with Crippen LogP contribution in [0.1, 0.15) is 47.7 Å². The number of nitrogens with zero attached hydrogens (tertiary/aromatic N) is 3. The highest BCUT2D eigenvalue weighted by Gasteiger charge is 2.30. The molecule has 1 aromatic carbocycles. The largest absolute Gasteiger partial charge is 0.336 e. The van der Waals surface area contributed by atoms with E-state index in [4.69, 9.17) is 23.2 Å². The fourth-order valence-corrected chi connectivity index (χ4v) is 4.87. The average Bonchev–Trinajstić information content (AvgIpc) is 3.28. The zero-order valence-electron chi connectivity index (χ0n) is 17.3. The van der Waals surface area contributed by atoms with Crippen LogP contribution >= 0.6 is 23.2 Å². The van der Waals surface area contributed by atoms with Gasteiger partial charge in [0.15, 0.2) is 0 Å². The predicted molar refractivity (Wildman–Crippen MR) is 119 cm³/mol. The number of likely N-dealkylation sites (tertiary alicyclic amines) is 1. The first-order chi connectivity index (χ1) is 14.3. The first kappa shape index (κ1) is 20.9. The van der Waals surface area contributed by atoms with E-state index in [0.29, 0.717) is 34.2 Å². The van der Waals surface area contributed by atoms with E-state index < -0.39 is 0 Å². The van der Waals surface area contributed by atoms with Crippen molar-refractivity contribution in [2.45, 2.75) is 45.6 Å². The highest BCUT2D eigenvalue weighted by Crippen LogP contribution is 2.35. The monoisotopic (exact) mass is 446 g/mol. The molecular weight excluding hydrogens is 423 g/mol. The lowest BCUT2D eigenvalue weighted by atomic mass is 10.0. The van der Waals surface area contributed by atoms with Gasteiger partial charge in [-0.25, -0.2) is 0 Å². The third-order valence-electron chi connectivity index (χ3n) is 6.05. The lowest BCUT2D eigenvalue weighted by Crippen LogP contribution is -2.31. The fourth-order valence-electron chi connectivity index (χ4n) is 4.56. The molecule has 0 bridgehead atoms. The van der Waals surface area contributed by atoms with Gasteiger partial charge in [0.05, 0.1) is 21.8 Å². The second kappa shape index (κ2) is 8.08. The van der Waals surface area contributed by atoms with Crippen LogP contribution in [-0.4, -0.2) is 32.1 Å². The van der Waals surface area contributed by atoms with Crippen LogP contribution in [0.2, 0.25) is 10.0 Å². The minimum absolute atomic E-state index is 0.00491. The number of aromatic nitrogens is 3. The van der Waals surface area contributed by atoms with Crippen molar-refractivity contribution in [2.75, 3.05) is 6.54 Å². The standard InChI is InChI=1S/C22H24Cl2N4O2/c1-12-15(22(30)25-21-20(12)13(2)26-27(21)3)7-9-19(29)28-10-4-5-18(28)14-6-8-16(23)17(24)11-14/h6,8,11,18H,4-5,7,9-10H2,1-3H3,(H,25,30). The molecular formula is C22H24Cl2N4O2. The Morgan fingerprint density at radius 2 is 2.03 bits per heavy atom. The molecule has 0 spiro atoms. The molecule has 1 N–H and O–H groups in total. The summed E-state index contributed by atoms with van der Waals surface area (Å²) < 4.78 is 1.68. The van der Waals surface area contributed by atoms with E-state index >= 15 is 0 Å².